The van der Waals surface area contributed by atoms with Gasteiger partial charge in [-0.05, 0) is 31.2 Å². The Morgan fingerprint density at radius 3 is 2.52 bits per heavy atom. The van der Waals surface area contributed by atoms with Crippen molar-refractivity contribution in [3.63, 3.8) is 0 Å². The lowest BCUT2D eigenvalue weighted by Gasteiger charge is -2.20. The molecule has 0 radical (unpaired) electrons. The van der Waals surface area contributed by atoms with Gasteiger partial charge < -0.3 is 9.67 Å². The molecule has 1 aliphatic carbocycles. The molecule has 1 aliphatic rings. The van der Waals surface area contributed by atoms with Crippen LogP contribution in [0.3, 0.4) is 0 Å². The van der Waals surface area contributed by atoms with E-state index in [0.29, 0.717) is 6.42 Å². The zero-order valence-electron chi connectivity index (χ0n) is 12.5. The number of aromatic nitrogens is 1. The van der Waals surface area contributed by atoms with Crippen LogP contribution in [0, 0.1) is 5.92 Å². The molecule has 1 unspecified atom stereocenters. The SMILES string of the molecule is CCC(NS(=O)(=O)c1cc(C(=O)O)n(C2CC2)c1)C(C)C. The molecule has 0 aliphatic heterocycles. The predicted octanol–water partition coefficient (Wildman–Crippen LogP) is 2.23. The molecule has 0 saturated heterocycles. The molecule has 0 amide bonds. The Hall–Kier alpha value is -1.34. The molecule has 6 nitrogen and oxygen atoms in total. The van der Waals surface area contributed by atoms with Gasteiger partial charge in [-0.1, -0.05) is 20.8 Å². The monoisotopic (exact) mass is 314 g/mol. The third-order valence-corrected chi connectivity index (χ3v) is 5.30. The van der Waals surface area contributed by atoms with Crippen molar-refractivity contribution in [2.24, 2.45) is 5.92 Å². The van der Waals surface area contributed by atoms with E-state index in [9.17, 15) is 18.3 Å². The first kappa shape index (κ1) is 16.0. The van der Waals surface area contributed by atoms with Gasteiger partial charge in [0.1, 0.15) is 10.6 Å². The van der Waals surface area contributed by atoms with Crippen molar-refractivity contribution in [3.8, 4) is 0 Å². The minimum atomic E-state index is -3.69. The summed E-state index contributed by atoms with van der Waals surface area (Å²) in [7, 11) is -3.69. The molecule has 0 bridgehead atoms. The summed E-state index contributed by atoms with van der Waals surface area (Å²) in [6, 6.07) is 1.20. The number of carbonyl (C=O) groups is 1. The predicted molar refractivity (Wildman–Crippen MR) is 78.9 cm³/mol. The summed E-state index contributed by atoms with van der Waals surface area (Å²) < 4.78 is 29.1. The van der Waals surface area contributed by atoms with Gasteiger partial charge in [0, 0.05) is 18.3 Å². The first-order valence-corrected chi connectivity index (χ1v) is 8.72. The maximum Gasteiger partial charge on any atom is 0.352 e. The van der Waals surface area contributed by atoms with Crippen molar-refractivity contribution in [1.82, 2.24) is 9.29 Å². The van der Waals surface area contributed by atoms with E-state index in [4.69, 9.17) is 0 Å². The maximum absolute atomic E-state index is 12.4. The molecule has 1 fully saturated rings. The summed E-state index contributed by atoms with van der Waals surface area (Å²) in [6.07, 6.45) is 3.92. The number of hydrogen-bond acceptors (Lipinski definition) is 3. The highest BCUT2D eigenvalue weighted by Crippen LogP contribution is 2.37. The van der Waals surface area contributed by atoms with Gasteiger partial charge >= 0.3 is 5.97 Å². The highest BCUT2D eigenvalue weighted by atomic mass is 32.2. The number of sulfonamides is 1. The number of rotatable bonds is 7. The normalized spacial score (nSPS) is 17.1. The van der Waals surface area contributed by atoms with E-state index < -0.39 is 16.0 Å². The van der Waals surface area contributed by atoms with E-state index in [1.54, 1.807) is 4.57 Å². The lowest BCUT2D eigenvalue weighted by atomic mass is 10.0. The highest BCUT2D eigenvalue weighted by molar-refractivity contribution is 7.89. The molecule has 2 N–H and O–H groups in total. The van der Waals surface area contributed by atoms with E-state index in [1.165, 1.54) is 12.3 Å². The van der Waals surface area contributed by atoms with Crippen LogP contribution in [0.25, 0.3) is 0 Å². The number of hydrogen-bond donors (Lipinski definition) is 2. The largest absolute Gasteiger partial charge is 0.477 e. The molecule has 7 heteroatoms. The van der Waals surface area contributed by atoms with Crippen molar-refractivity contribution < 1.29 is 18.3 Å². The fourth-order valence-corrected chi connectivity index (χ4v) is 3.88. The molecule has 0 spiro atoms. The Morgan fingerprint density at radius 2 is 2.10 bits per heavy atom. The van der Waals surface area contributed by atoms with E-state index >= 15 is 0 Å². The lowest BCUT2D eigenvalue weighted by molar-refractivity contribution is 0.0685. The summed E-state index contributed by atoms with van der Waals surface area (Å²) in [5.74, 6) is -0.923. The second kappa shape index (κ2) is 5.81. The van der Waals surface area contributed by atoms with Crippen LogP contribution >= 0.6 is 0 Å². The summed E-state index contributed by atoms with van der Waals surface area (Å²) in [4.78, 5) is 11.3. The van der Waals surface area contributed by atoms with Crippen LogP contribution < -0.4 is 4.72 Å². The molecule has 0 aromatic carbocycles. The van der Waals surface area contributed by atoms with Gasteiger partial charge in [-0.2, -0.15) is 0 Å². The van der Waals surface area contributed by atoms with Gasteiger partial charge in [0.15, 0.2) is 0 Å². The fraction of sp³-hybridized carbons (Fsp3) is 0.643. The topological polar surface area (TPSA) is 88.4 Å². The summed E-state index contributed by atoms with van der Waals surface area (Å²) in [6.45, 7) is 5.83. The Morgan fingerprint density at radius 1 is 1.48 bits per heavy atom. The Kier molecular flexibility index (Phi) is 4.43. The van der Waals surface area contributed by atoms with Gasteiger partial charge in [0.25, 0.3) is 0 Å². The second-order valence-electron chi connectivity index (χ2n) is 5.88. The first-order chi connectivity index (χ1) is 9.76. The molecular formula is C14H22N2O4S. The van der Waals surface area contributed by atoms with Crippen molar-refractivity contribution >= 4 is 16.0 Å². The van der Waals surface area contributed by atoms with Crippen LogP contribution in [0.4, 0.5) is 0 Å². The quantitative estimate of drug-likeness (QED) is 0.808. The van der Waals surface area contributed by atoms with Gasteiger partial charge in [-0.3, -0.25) is 0 Å². The van der Waals surface area contributed by atoms with Crippen LogP contribution in [0.1, 0.15) is 56.6 Å². The van der Waals surface area contributed by atoms with Crippen LogP contribution in [-0.4, -0.2) is 30.1 Å². The molecular weight excluding hydrogens is 292 g/mol. The number of carboxylic acids is 1. The lowest BCUT2D eigenvalue weighted by Crippen LogP contribution is -2.37. The van der Waals surface area contributed by atoms with Crippen LogP contribution in [-0.2, 0) is 10.0 Å². The van der Waals surface area contributed by atoms with Gasteiger partial charge in [0.05, 0.1) is 0 Å². The second-order valence-corrected chi connectivity index (χ2v) is 7.60. The van der Waals surface area contributed by atoms with Crippen molar-refractivity contribution in [2.45, 2.75) is 57.0 Å². The highest BCUT2D eigenvalue weighted by Gasteiger charge is 2.31. The zero-order valence-corrected chi connectivity index (χ0v) is 13.4. The van der Waals surface area contributed by atoms with Crippen LogP contribution in [0.2, 0.25) is 0 Å². The number of nitrogens with zero attached hydrogens (tertiary/aromatic N) is 1. The molecule has 1 heterocycles. The van der Waals surface area contributed by atoms with Gasteiger partial charge in [0.2, 0.25) is 10.0 Å². The summed E-state index contributed by atoms with van der Waals surface area (Å²) >= 11 is 0. The van der Waals surface area contributed by atoms with Crippen LogP contribution in [0.5, 0.6) is 0 Å². The van der Waals surface area contributed by atoms with E-state index in [1.807, 2.05) is 20.8 Å². The minimum absolute atomic E-state index is 0.0332. The summed E-state index contributed by atoms with van der Waals surface area (Å²) in [5, 5.41) is 9.20. The molecule has 1 aromatic rings. The molecule has 1 atom stereocenters. The number of aromatic carboxylic acids is 1. The minimum Gasteiger partial charge on any atom is -0.477 e. The van der Waals surface area contributed by atoms with E-state index in [0.717, 1.165) is 12.8 Å². The number of carboxylic acid groups (broad SMARTS) is 1. The standard InChI is InChI=1S/C14H22N2O4S/c1-4-12(9(2)3)15-21(19,20)11-7-13(14(17)18)16(8-11)10-5-6-10/h7-10,12,15H,4-6H2,1-3H3,(H,17,18). The molecule has 1 saturated carbocycles. The maximum atomic E-state index is 12.4. The molecule has 2 rings (SSSR count). The first-order valence-electron chi connectivity index (χ1n) is 7.23. The van der Waals surface area contributed by atoms with Crippen molar-refractivity contribution in [2.75, 3.05) is 0 Å². The molecule has 118 valence electrons. The van der Waals surface area contributed by atoms with E-state index in [2.05, 4.69) is 4.72 Å². The fourth-order valence-electron chi connectivity index (χ4n) is 2.39. The Bertz CT molecular complexity index is 629. The molecule has 1 aromatic heterocycles. The van der Waals surface area contributed by atoms with E-state index in [-0.39, 0.29) is 28.6 Å². The van der Waals surface area contributed by atoms with Crippen LogP contribution in [0.15, 0.2) is 17.2 Å². The van der Waals surface area contributed by atoms with Gasteiger partial charge in [-0.15, -0.1) is 0 Å². The van der Waals surface area contributed by atoms with Crippen molar-refractivity contribution in [1.29, 1.82) is 0 Å². The molecule has 21 heavy (non-hydrogen) atoms. The number of nitrogens with one attached hydrogen (secondary N) is 1. The Labute approximate surface area is 125 Å². The zero-order chi connectivity index (χ0) is 15.8. The Balaban J connectivity index is 2.32. The third kappa shape index (κ3) is 3.47. The smallest absolute Gasteiger partial charge is 0.352 e. The van der Waals surface area contributed by atoms with Crippen molar-refractivity contribution in [3.05, 3.63) is 18.0 Å². The average molecular weight is 314 g/mol. The third-order valence-electron chi connectivity index (χ3n) is 3.84. The summed E-state index contributed by atoms with van der Waals surface area (Å²) in [5.41, 5.74) is 0.0375. The van der Waals surface area contributed by atoms with Gasteiger partial charge in [-0.25, -0.2) is 17.9 Å². The average Bonchev–Trinajstić information content (AvgIpc) is 3.13.